The minimum absolute atomic E-state index is 0. The van der Waals surface area contributed by atoms with E-state index in [1.807, 2.05) is 24.3 Å². The monoisotopic (exact) mass is 339 g/mol. The molecule has 0 saturated carbocycles. The Hall–Kier alpha value is -1.17. The fourth-order valence-corrected chi connectivity index (χ4v) is 3.37. The normalized spacial score (nSPS) is 16.8. The van der Waals surface area contributed by atoms with E-state index in [9.17, 15) is 10.2 Å². The third kappa shape index (κ3) is 2.59. The van der Waals surface area contributed by atoms with Crippen LogP contribution < -0.4 is 5.73 Å². The summed E-state index contributed by atoms with van der Waals surface area (Å²) in [6.45, 7) is 0. The average molecular weight is 340 g/mol. The van der Waals surface area contributed by atoms with Crippen LogP contribution in [-0.4, -0.2) is 10.2 Å². The van der Waals surface area contributed by atoms with Crippen molar-refractivity contribution in [2.75, 3.05) is 0 Å². The zero-order valence-electron chi connectivity index (χ0n) is 10.0. The van der Waals surface area contributed by atoms with Gasteiger partial charge < -0.3 is 15.9 Å². The smallest absolute Gasteiger partial charge is 0.158 e. The molecule has 0 bridgehead atoms. The molecule has 0 fully saturated rings. The minimum atomic E-state index is -0.0903. The van der Waals surface area contributed by atoms with E-state index in [0.29, 0.717) is 6.42 Å². The van der Waals surface area contributed by atoms with Crippen molar-refractivity contribution in [3.63, 3.8) is 0 Å². The van der Waals surface area contributed by atoms with Crippen LogP contribution in [0, 0.1) is 0 Å². The molecular weight excluding hydrogens is 326 g/mol. The van der Waals surface area contributed by atoms with Crippen LogP contribution in [0.3, 0.4) is 0 Å². The molecule has 0 spiro atoms. The third-order valence-corrected chi connectivity index (χ3v) is 4.33. The number of nitrogens with two attached hydrogens (primary N) is 1. The molecule has 2 aromatic carbocycles. The standard InChI is InChI=1S/C14H13NO2S.BrH/c15-10-5-8-6-11(16)12(17)7-14(8)18-13-4-2-1-3-9(10)13;/h1-4,6-7,10,16-17H,5,15H2;1H. The maximum Gasteiger partial charge on any atom is 0.158 e. The molecule has 5 heteroatoms. The van der Waals surface area contributed by atoms with E-state index in [2.05, 4.69) is 0 Å². The lowest BCUT2D eigenvalue weighted by molar-refractivity contribution is 0.401. The lowest BCUT2D eigenvalue weighted by Crippen LogP contribution is -2.13. The van der Waals surface area contributed by atoms with Gasteiger partial charge in [-0.15, -0.1) is 17.0 Å². The molecule has 0 radical (unpaired) electrons. The highest BCUT2D eigenvalue weighted by molar-refractivity contribution is 8.93. The highest BCUT2D eigenvalue weighted by atomic mass is 79.9. The van der Waals surface area contributed by atoms with E-state index in [1.165, 1.54) is 0 Å². The van der Waals surface area contributed by atoms with Crippen LogP contribution in [0.15, 0.2) is 46.2 Å². The van der Waals surface area contributed by atoms with Gasteiger partial charge in [-0.05, 0) is 35.7 Å². The molecule has 1 heterocycles. The first-order valence-corrected chi connectivity index (χ1v) is 6.54. The Morgan fingerprint density at radius 3 is 2.53 bits per heavy atom. The van der Waals surface area contributed by atoms with Crippen molar-refractivity contribution < 1.29 is 10.2 Å². The first kappa shape index (κ1) is 14.2. The second-order valence-electron chi connectivity index (χ2n) is 4.40. The Balaban J connectivity index is 0.00000133. The molecule has 1 aliphatic heterocycles. The second kappa shape index (κ2) is 5.45. The highest BCUT2D eigenvalue weighted by Crippen LogP contribution is 2.43. The lowest BCUT2D eigenvalue weighted by atomic mass is 9.99. The van der Waals surface area contributed by atoms with E-state index >= 15 is 0 Å². The Morgan fingerprint density at radius 2 is 1.74 bits per heavy atom. The molecule has 1 atom stereocenters. The average Bonchev–Trinajstić information content (AvgIpc) is 2.48. The Bertz CT molecular complexity index is 618. The second-order valence-corrected chi connectivity index (χ2v) is 5.48. The van der Waals surface area contributed by atoms with E-state index in [4.69, 9.17) is 5.73 Å². The topological polar surface area (TPSA) is 66.5 Å². The van der Waals surface area contributed by atoms with E-state index in [1.54, 1.807) is 23.9 Å². The fraction of sp³-hybridized carbons (Fsp3) is 0.143. The van der Waals surface area contributed by atoms with Crippen molar-refractivity contribution in [3.05, 3.63) is 47.5 Å². The molecule has 19 heavy (non-hydrogen) atoms. The van der Waals surface area contributed by atoms with Gasteiger partial charge in [-0.1, -0.05) is 30.0 Å². The van der Waals surface area contributed by atoms with Crippen LogP contribution in [-0.2, 0) is 6.42 Å². The van der Waals surface area contributed by atoms with E-state index in [0.717, 1.165) is 20.9 Å². The fourth-order valence-electron chi connectivity index (χ4n) is 2.20. The van der Waals surface area contributed by atoms with Gasteiger partial charge in [0.25, 0.3) is 0 Å². The first-order chi connectivity index (χ1) is 8.65. The van der Waals surface area contributed by atoms with Crippen LogP contribution in [0.5, 0.6) is 11.5 Å². The van der Waals surface area contributed by atoms with Crippen LogP contribution in [0.1, 0.15) is 17.2 Å². The summed E-state index contributed by atoms with van der Waals surface area (Å²) in [6.07, 6.45) is 0.660. The van der Waals surface area contributed by atoms with Gasteiger partial charge in [0.15, 0.2) is 11.5 Å². The number of phenols is 2. The van der Waals surface area contributed by atoms with Gasteiger partial charge in [0.05, 0.1) is 0 Å². The molecule has 0 aromatic heterocycles. The van der Waals surface area contributed by atoms with Crippen molar-refractivity contribution in [2.45, 2.75) is 22.3 Å². The predicted molar refractivity (Wildman–Crippen MR) is 81.3 cm³/mol. The van der Waals surface area contributed by atoms with Crippen LogP contribution in [0.25, 0.3) is 0 Å². The number of fused-ring (bicyclic) bond motifs is 2. The molecule has 4 N–H and O–H groups in total. The van der Waals surface area contributed by atoms with Gasteiger partial charge in [-0.3, -0.25) is 0 Å². The maximum atomic E-state index is 9.59. The first-order valence-electron chi connectivity index (χ1n) is 5.72. The van der Waals surface area contributed by atoms with Crippen molar-refractivity contribution >= 4 is 28.7 Å². The van der Waals surface area contributed by atoms with Gasteiger partial charge >= 0.3 is 0 Å². The summed E-state index contributed by atoms with van der Waals surface area (Å²) < 4.78 is 0. The number of phenolic OH excluding ortho intramolecular Hbond substituents is 2. The molecule has 100 valence electrons. The molecule has 0 amide bonds. The summed E-state index contributed by atoms with van der Waals surface area (Å²) >= 11 is 1.58. The van der Waals surface area contributed by atoms with E-state index in [-0.39, 0.29) is 34.5 Å². The summed E-state index contributed by atoms with van der Waals surface area (Å²) in [4.78, 5) is 2.06. The highest BCUT2D eigenvalue weighted by Gasteiger charge is 2.21. The molecule has 1 unspecified atom stereocenters. The summed E-state index contributed by atoms with van der Waals surface area (Å²) in [6, 6.07) is 11.1. The van der Waals surface area contributed by atoms with Crippen molar-refractivity contribution in [1.82, 2.24) is 0 Å². The van der Waals surface area contributed by atoms with Crippen LogP contribution in [0.2, 0.25) is 0 Å². The largest absolute Gasteiger partial charge is 0.504 e. The van der Waals surface area contributed by atoms with Gasteiger partial charge in [0.2, 0.25) is 0 Å². The van der Waals surface area contributed by atoms with Crippen molar-refractivity contribution in [1.29, 1.82) is 0 Å². The van der Waals surface area contributed by atoms with Gasteiger partial charge in [0, 0.05) is 15.8 Å². The van der Waals surface area contributed by atoms with Gasteiger partial charge in [-0.2, -0.15) is 0 Å². The molecule has 0 aliphatic carbocycles. The number of hydrogen-bond acceptors (Lipinski definition) is 4. The number of rotatable bonds is 0. The Labute approximate surface area is 126 Å². The molecule has 3 rings (SSSR count). The molecular formula is C14H14BrNO2S. The molecule has 0 saturated heterocycles. The summed E-state index contributed by atoms with van der Waals surface area (Å²) in [7, 11) is 0. The third-order valence-electron chi connectivity index (χ3n) is 3.14. The quantitative estimate of drug-likeness (QED) is 0.643. The summed E-state index contributed by atoms with van der Waals surface area (Å²) in [5.41, 5.74) is 8.27. The van der Waals surface area contributed by atoms with Gasteiger partial charge in [0.1, 0.15) is 0 Å². The van der Waals surface area contributed by atoms with Crippen LogP contribution in [0.4, 0.5) is 0 Å². The van der Waals surface area contributed by atoms with Gasteiger partial charge in [-0.25, -0.2) is 0 Å². The predicted octanol–water partition coefficient (Wildman–Crippen LogP) is 3.38. The van der Waals surface area contributed by atoms with Crippen molar-refractivity contribution in [2.24, 2.45) is 5.73 Å². The molecule has 2 aromatic rings. The number of aromatic hydroxyl groups is 2. The zero-order chi connectivity index (χ0) is 12.7. The summed E-state index contributed by atoms with van der Waals surface area (Å²) in [5, 5.41) is 19.2. The lowest BCUT2D eigenvalue weighted by Gasteiger charge is -2.11. The van der Waals surface area contributed by atoms with E-state index < -0.39 is 0 Å². The zero-order valence-corrected chi connectivity index (χ0v) is 12.6. The maximum absolute atomic E-state index is 9.59. The SMILES string of the molecule is Br.NC1Cc2cc(O)c(O)cc2Sc2ccccc21. The summed E-state index contributed by atoms with van der Waals surface area (Å²) in [5.74, 6) is -0.179. The molecule has 1 aliphatic rings. The van der Waals surface area contributed by atoms with Crippen molar-refractivity contribution in [3.8, 4) is 11.5 Å². The number of hydrogen-bond donors (Lipinski definition) is 3. The Morgan fingerprint density at radius 1 is 1.05 bits per heavy atom. The number of benzene rings is 2. The molecule has 3 nitrogen and oxygen atoms in total. The Kier molecular flexibility index (Phi) is 4.08. The number of halogens is 1. The minimum Gasteiger partial charge on any atom is -0.504 e. The van der Waals surface area contributed by atoms with Crippen LogP contribution >= 0.6 is 28.7 Å².